The van der Waals surface area contributed by atoms with Crippen molar-refractivity contribution in [1.29, 1.82) is 0 Å². The third kappa shape index (κ3) is 2.93. The second kappa shape index (κ2) is 5.50. The van der Waals surface area contributed by atoms with Gasteiger partial charge in [0.05, 0.1) is 0 Å². The lowest BCUT2D eigenvalue weighted by molar-refractivity contribution is -0.274. The van der Waals surface area contributed by atoms with Gasteiger partial charge in [0.2, 0.25) is 11.8 Å². The van der Waals surface area contributed by atoms with Gasteiger partial charge < -0.3 is 9.64 Å². The van der Waals surface area contributed by atoms with E-state index in [1.165, 1.54) is 24.0 Å². The van der Waals surface area contributed by atoms with Crippen molar-refractivity contribution >= 4 is 17.7 Å². The lowest BCUT2D eigenvalue weighted by Gasteiger charge is -2.29. The first-order valence-corrected chi connectivity index (χ1v) is 7.19. The molecule has 2 aliphatic heterocycles. The van der Waals surface area contributed by atoms with Gasteiger partial charge in [-0.1, -0.05) is 0 Å². The van der Waals surface area contributed by atoms with E-state index < -0.39 is 30.1 Å². The lowest BCUT2D eigenvalue weighted by atomic mass is 10.0. The van der Waals surface area contributed by atoms with Gasteiger partial charge in [0.25, 0.3) is 5.91 Å². The molecule has 1 aromatic rings. The van der Waals surface area contributed by atoms with Crippen LogP contribution in [0.1, 0.15) is 34.3 Å². The number of carbonyl (C=O) groups is 3. The number of carbonyl (C=O) groups excluding carboxylic acids is 3. The van der Waals surface area contributed by atoms with Crippen LogP contribution in [0.2, 0.25) is 0 Å². The van der Waals surface area contributed by atoms with Gasteiger partial charge >= 0.3 is 6.36 Å². The Morgan fingerprint density at radius 1 is 1.25 bits per heavy atom. The average Bonchev–Trinajstić information content (AvgIpc) is 2.75. The zero-order valence-corrected chi connectivity index (χ0v) is 12.6. The minimum absolute atomic E-state index is 0.00502. The van der Waals surface area contributed by atoms with Crippen LogP contribution in [0.25, 0.3) is 0 Å². The number of ether oxygens (including phenoxy) is 1. The summed E-state index contributed by atoms with van der Waals surface area (Å²) in [5, 5.41) is 2.16. The third-order valence-corrected chi connectivity index (χ3v) is 4.04. The molecule has 24 heavy (non-hydrogen) atoms. The molecule has 1 saturated heterocycles. The number of alkyl halides is 3. The fraction of sp³-hybridized carbons (Fsp3) is 0.400. The molecular weight excluding hydrogens is 329 g/mol. The van der Waals surface area contributed by atoms with Crippen LogP contribution in [0, 0.1) is 6.92 Å². The van der Waals surface area contributed by atoms with E-state index in [2.05, 4.69) is 10.1 Å². The first-order chi connectivity index (χ1) is 11.2. The molecule has 2 aliphatic rings. The Kier molecular flexibility index (Phi) is 3.73. The van der Waals surface area contributed by atoms with Crippen LogP contribution >= 0.6 is 0 Å². The summed E-state index contributed by atoms with van der Waals surface area (Å²) in [7, 11) is 0. The van der Waals surface area contributed by atoms with E-state index in [-0.39, 0.29) is 36.3 Å². The second-order valence-electron chi connectivity index (χ2n) is 5.72. The molecule has 0 saturated carbocycles. The van der Waals surface area contributed by atoms with Crippen LogP contribution in [0.4, 0.5) is 13.2 Å². The van der Waals surface area contributed by atoms with E-state index >= 15 is 0 Å². The highest BCUT2D eigenvalue weighted by Crippen LogP contribution is 2.34. The number of hydrogen-bond donors (Lipinski definition) is 1. The molecular formula is C15H13F3N2O4. The molecule has 1 N–H and O–H groups in total. The fourth-order valence-electron chi connectivity index (χ4n) is 2.94. The quantitative estimate of drug-likeness (QED) is 0.830. The van der Waals surface area contributed by atoms with Crippen LogP contribution in [-0.2, 0) is 16.1 Å². The highest BCUT2D eigenvalue weighted by Gasteiger charge is 2.40. The summed E-state index contributed by atoms with van der Waals surface area (Å²) >= 11 is 0. The number of amides is 3. The molecule has 1 atom stereocenters. The first-order valence-electron chi connectivity index (χ1n) is 7.19. The van der Waals surface area contributed by atoms with E-state index in [0.717, 1.165) is 0 Å². The summed E-state index contributed by atoms with van der Waals surface area (Å²) in [6.07, 6.45) is -4.53. The molecule has 0 aliphatic carbocycles. The van der Waals surface area contributed by atoms with Crippen molar-refractivity contribution in [3.05, 3.63) is 28.8 Å². The molecule has 9 heteroatoms. The summed E-state index contributed by atoms with van der Waals surface area (Å²) in [6, 6.07) is 1.68. The molecule has 0 aromatic heterocycles. The van der Waals surface area contributed by atoms with Gasteiger partial charge in [-0.2, -0.15) is 0 Å². The number of hydrogen-bond acceptors (Lipinski definition) is 4. The number of benzene rings is 1. The van der Waals surface area contributed by atoms with Crippen LogP contribution in [-0.4, -0.2) is 35.0 Å². The van der Waals surface area contributed by atoms with Crippen molar-refractivity contribution in [2.45, 2.75) is 38.7 Å². The van der Waals surface area contributed by atoms with Crippen molar-refractivity contribution in [2.75, 3.05) is 0 Å². The zero-order valence-electron chi connectivity index (χ0n) is 12.6. The van der Waals surface area contributed by atoms with Gasteiger partial charge in [-0.05, 0) is 36.6 Å². The fourth-order valence-corrected chi connectivity index (χ4v) is 2.94. The predicted molar refractivity (Wildman–Crippen MR) is 73.9 cm³/mol. The Morgan fingerprint density at radius 3 is 2.58 bits per heavy atom. The Hall–Kier alpha value is -2.58. The minimum Gasteiger partial charge on any atom is -0.406 e. The molecule has 6 nitrogen and oxygen atoms in total. The van der Waals surface area contributed by atoms with E-state index in [0.29, 0.717) is 5.56 Å². The number of nitrogens with zero attached hydrogens (tertiary/aromatic N) is 1. The molecule has 1 fully saturated rings. The number of aryl methyl sites for hydroxylation is 1. The summed E-state index contributed by atoms with van der Waals surface area (Å²) in [5.41, 5.74) is 0.769. The molecule has 2 heterocycles. The highest BCUT2D eigenvalue weighted by molar-refractivity contribution is 6.05. The normalized spacial score (nSPS) is 20.9. The molecule has 0 spiro atoms. The maximum absolute atomic E-state index is 12.5. The number of piperidine rings is 1. The molecule has 3 amide bonds. The van der Waals surface area contributed by atoms with Crippen molar-refractivity contribution in [3.63, 3.8) is 0 Å². The Morgan fingerprint density at radius 2 is 1.96 bits per heavy atom. The van der Waals surface area contributed by atoms with Crippen LogP contribution in [0.5, 0.6) is 5.75 Å². The highest BCUT2D eigenvalue weighted by atomic mass is 19.4. The summed E-state index contributed by atoms with van der Waals surface area (Å²) in [6.45, 7) is 1.40. The van der Waals surface area contributed by atoms with Gasteiger partial charge in [-0.3, -0.25) is 19.7 Å². The Labute approximate surface area is 134 Å². The van der Waals surface area contributed by atoms with Crippen molar-refractivity contribution in [1.82, 2.24) is 10.2 Å². The number of halogens is 3. The predicted octanol–water partition coefficient (Wildman–Crippen LogP) is 1.65. The number of rotatable bonds is 2. The van der Waals surface area contributed by atoms with Crippen molar-refractivity contribution in [2.24, 2.45) is 0 Å². The number of imide groups is 1. The maximum Gasteiger partial charge on any atom is 0.573 e. The lowest BCUT2D eigenvalue weighted by Crippen LogP contribution is -2.52. The molecule has 0 radical (unpaired) electrons. The van der Waals surface area contributed by atoms with Gasteiger partial charge in [0, 0.05) is 18.5 Å². The van der Waals surface area contributed by atoms with Gasteiger partial charge in [-0.15, -0.1) is 13.2 Å². The van der Waals surface area contributed by atoms with Crippen LogP contribution in [0.15, 0.2) is 12.1 Å². The zero-order chi connectivity index (χ0) is 17.6. The van der Waals surface area contributed by atoms with E-state index in [1.807, 2.05) is 0 Å². The van der Waals surface area contributed by atoms with Gasteiger partial charge in [-0.25, -0.2) is 0 Å². The standard InChI is InChI=1S/C15H13F3N2O4/c1-7-4-9-8(5-11(7)24-15(16,17)18)6-20(14(9)23)10-2-3-12(21)19-13(10)22/h4-5,10H,2-3,6H2,1H3,(H,19,21,22). The molecule has 128 valence electrons. The maximum atomic E-state index is 12.5. The SMILES string of the molecule is Cc1cc2c(cc1OC(F)(F)F)CN(C1CCC(=O)NC1=O)C2=O. The summed E-state index contributed by atoms with van der Waals surface area (Å²) in [4.78, 5) is 36.8. The van der Waals surface area contributed by atoms with Gasteiger partial charge in [0.1, 0.15) is 11.8 Å². The minimum atomic E-state index is -4.83. The molecule has 3 rings (SSSR count). The second-order valence-corrected chi connectivity index (χ2v) is 5.72. The van der Waals surface area contributed by atoms with Crippen LogP contribution in [0.3, 0.4) is 0 Å². The largest absolute Gasteiger partial charge is 0.573 e. The Bertz CT molecular complexity index is 745. The van der Waals surface area contributed by atoms with Crippen molar-refractivity contribution in [3.8, 4) is 5.75 Å². The topological polar surface area (TPSA) is 75.7 Å². The number of fused-ring (bicyclic) bond motifs is 1. The first kappa shape index (κ1) is 16.3. The summed E-state index contributed by atoms with van der Waals surface area (Å²) in [5.74, 6) is -1.80. The Balaban J connectivity index is 1.87. The molecule has 0 bridgehead atoms. The summed E-state index contributed by atoms with van der Waals surface area (Å²) < 4.78 is 41.2. The third-order valence-electron chi connectivity index (χ3n) is 4.04. The number of nitrogens with one attached hydrogen (secondary N) is 1. The van der Waals surface area contributed by atoms with E-state index in [9.17, 15) is 27.6 Å². The monoisotopic (exact) mass is 342 g/mol. The molecule has 1 unspecified atom stereocenters. The smallest absolute Gasteiger partial charge is 0.406 e. The van der Waals surface area contributed by atoms with Gasteiger partial charge in [0.15, 0.2) is 0 Å². The average molecular weight is 342 g/mol. The van der Waals surface area contributed by atoms with E-state index in [4.69, 9.17) is 0 Å². The van der Waals surface area contributed by atoms with Crippen LogP contribution < -0.4 is 10.1 Å². The van der Waals surface area contributed by atoms with E-state index in [1.54, 1.807) is 0 Å². The van der Waals surface area contributed by atoms with Crippen molar-refractivity contribution < 1.29 is 32.3 Å². The molecule has 1 aromatic carbocycles.